The van der Waals surface area contributed by atoms with Gasteiger partial charge >= 0.3 is 0 Å². The van der Waals surface area contributed by atoms with E-state index < -0.39 is 0 Å². The summed E-state index contributed by atoms with van der Waals surface area (Å²) in [4.78, 5) is 0. The molecule has 0 aliphatic heterocycles. The number of aryl methyl sites for hydroxylation is 1. The van der Waals surface area contributed by atoms with Crippen molar-refractivity contribution < 1.29 is 0 Å². The van der Waals surface area contributed by atoms with E-state index in [2.05, 4.69) is 67.5 Å². The molecule has 0 saturated carbocycles. The molecule has 0 fully saturated rings. The lowest BCUT2D eigenvalue weighted by Gasteiger charge is -2.11. The summed E-state index contributed by atoms with van der Waals surface area (Å²) in [6.45, 7) is 7.93. The Morgan fingerprint density at radius 3 is 2.45 bits per heavy atom. The summed E-state index contributed by atoms with van der Waals surface area (Å²) in [5, 5.41) is 4.35. The first kappa shape index (κ1) is 13.6. The highest BCUT2D eigenvalue weighted by molar-refractivity contribution is 7.64. The zero-order valence-electron chi connectivity index (χ0n) is 12.6. The normalized spacial score (nSPS) is 13.2. The highest BCUT2D eigenvalue weighted by Crippen LogP contribution is 2.34. The minimum Gasteiger partial charge on any atom is -0.341 e. The molecular weight excluding hydrogens is 261 g/mol. The molecule has 0 amide bonds. The first-order valence-electron chi connectivity index (χ1n) is 7.48. The Labute approximate surface area is 122 Å². The standard InChI is InChI=1S/C18H22NP/c1-4-12-20(3)14-10-11-18-16(13-14)15-8-6-7-9-17(15)19(18)5-2/h6-11,13H,4-5,12H2,1-3H3. The highest BCUT2D eigenvalue weighted by Gasteiger charge is 2.11. The molecule has 1 atom stereocenters. The van der Waals surface area contributed by atoms with Crippen LogP contribution in [0.3, 0.4) is 0 Å². The van der Waals surface area contributed by atoms with Gasteiger partial charge in [-0.05, 0) is 43.3 Å². The SMILES string of the molecule is CCCP(C)c1ccc2c(c1)c1ccccc1n2CC. The lowest BCUT2D eigenvalue weighted by molar-refractivity contribution is 0.827. The molecule has 2 heteroatoms. The third-order valence-corrected chi connectivity index (χ3v) is 6.35. The molecule has 0 saturated heterocycles. The Hall–Kier alpha value is -1.33. The van der Waals surface area contributed by atoms with Crippen LogP contribution in [-0.4, -0.2) is 17.4 Å². The van der Waals surface area contributed by atoms with E-state index in [1.54, 1.807) is 0 Å². The number of fused-ring (bicyclic) bond motifs is 3. The summed E-state index contributed by atoms with van der Waals surface area (Å²) >= 11 is 0. The van der Waals surface area contributed by atoms with Gasteiger partial charge in [0, 0.05) is 28.4 Å². The van der Waals surface area contributed by atoms with Gasteiger partial charge in [0.15, 0.2) is 0 Å². The van der Waals surface area contributed by atoms with E-state index in [1.165, 1.54) is 39.7 Å². The van der Waals surface area contributed by atoms with E-state index >= 15 is 0 Å². The Morgan fingerprint density at radius 1 is 0.950 bits per heavy atom. The number of hydrogen-bond donors (Lipinski definition) is 0. The van der Waals surface area contributed by atoms with Gasteiger partial charge in [0.2, 0.25) is 0 Å². The van der Waals surface area contributed by atoms with Crippen LogP contribution in [0.5, 0.6) is 0 Å². The van der Waals surface area contributed by atoms with Crippen molar-refractivity contribution in [2.75, 3.05) is 12.8 Å². The second-order valence-corrected chi connectivity index (χ2v) is 7.74. The van der Waals surface area contributed by atoms with Crippen molar-refractivity contribution in [3.8, 4) is 0 Å². The number of nitrogens with zero attached hydrogens (tertiary/aromatic N) is 1. The van der Waals surface area contributed by atoms with Gasteiger partial charge in [-0.2, -0.15) is 0 Å². The average molecular weight is 283 g/mol. The minimum atomic E-state index is -0.00863. The van der Waals surface area contributed by atoms with E-state index in [-0.39, 0.29) is 7.92 Å². The van der Waals surface area contributed by atoms with Gasteiger partial charge in [0.25, 0.3) is 0 Å². The van der Waals surface area contributed by atoms with Crippen LogP contribution in [0.2, 0.25) is 0 Å². The summed E-state index contributed by atoms with van der Waals surface area (Å²) < 4.78 is 2.42. The molecule has 104 valence electrons. The fourth-order valence-electron chi connectivity index (χ4n) is 3.08. The van der Waals surface area contributed by atoms with E-state index in [4.69, 9.17) is 0 Å². The van der Waals surface area contributed by atoms with Gasteiger partial charge in [-0.25, -0.2) is 0 Å². The van der Waals surface area contributed by atoms with Crippen LogP contribution in [0, 0.1) is 0 Å². The van der Waals surface area contributed by atoms with Crippen LogP contribution in [0.25, 0.3) is 21.8 Å². The maximum Gasteiger partial charge on any atom is 0.0491 e. The minimum absolute atomic E-state index is 0.00863. The van der Waals surface area contributed by atoms with Crippen LogP contribution >= 0.6 is 7.92 Å². The maximum absolute atomic E-state index is 2.44. The quantitative estimate of drug-likeness (QED) is 0.596. The van der Waals surface area contributed by atoms with Crippen molar-refractivity contribution >= 4 is 35.0 Å². The third kappa shape index (κ3) is 2.15. The van der Waals surface area contributed by atoms with Crippen molar-refractivity contribution in [1.82, 2.24) is 4.57 Å². The zero-order chi connectivity index (χ0) is 14.1. The molecule has 0 N–H and O–H groups in total. The summed E-state index contributed by atoms with van der Waals surface area (Å²) in [6, 6.07) is 15.9. The number of rotatable bonds is 4. The molecule has 1 nitrogen and oxygen atoms in total. The van der Waals surface area contributed by atoms with Gasteiger partial charge in [0.05, 0.1) is 0 Å². The number of para-hydroxylation sites is 1. The topological polar surface area (TPSA) is 4.93 Å². The Balaban J connectivity index is 2.26. The summed E-state index contributed by atoms with van der Waals surface area (Å²) in [5.41, 5.74) is 2.73. The first-order valence-corrected chi connectivity index (χ1v) is 9.45. The molecule has 1 heterocycles. The predicted molar refractivity (Wildman–Crippen MR) is 92.8 cm³/mol. The largest absolute Gasteiger partial charge is 0.341 e. The second kappa shape index (κ2) is 5.58. The monoisotopic (exact) mass is 283 g/mol. The Bertz CT molecular complexity index is 742. The lowest BCUT2D eigenvalue weighted by atomic mass is 10.1. The number of aromatic nitrogens is 1. The third-order valence-electron chi connectivity index (χ3n) is 4.07. The van der Waals surface area contributed by atoms with E-state index in [0.717, 1.165) is 6.54 Å². The van der Waals surface area contributed by atoms with Crippen molar-refractivity contribution in [3.63, 3.8) is 0 Å². The van der Waals surface area contributed by atoms with E-state index in [9.17, 15) is 0 Å². The fourth-order valence-corrected chi connectivity index (χ4v) is 4.69. The van der Waals surface area contributed by atoms with Crippen molar-refractivity contribution in [1.29, 1.82) is 0 Å². The van der Waals surface area contributed by atoms with Crippen LogP contribution < -0.4 is 5.30 Å². The van der Waals surface area contributed by atoms with E-state index in [1.807, 2.05) is 0 Å². The van der Waals surface area contributed by atoms with Crippen LogP contribution in [0.1, 0.15) is 20.3 Å². The zero-order valence-corrected chi connectivity index (χ0v) is 13.5. The molecule has 0 bridgehead atoms. The summed E-state index contributed by atoms with van der Waals surface area (Å²) in [7, 11) is -0.00863. The molecule has 1 unspecified atom stereocenters. The number of benzene rings is 2. The Morgan fingerprint density at radius 2 is 1.70 bits per heavy atom. The Kier molecular flexibility index (Phi) is 3.81. The van der Waals surface area contributed by atoms with Crippen molar-refractivity contribution in [2.24, 2.45) is 0 Å². The first-order chi connectivity index (χ1) is 9.76. The van der Waals surface area contributed by atoms with Gasteiger partial charge in [-0.15, -0.1) is 0 Å². The molecule has 0 radical (unpaired) electrons. The van der Waals surface area contributed by atoms with Gasteiger partial charge in [0.1, 0.15) is 0 Å². The molecule has 3 aromatic rings. The lowest BCUT2D eigenvalue weighted by Crippen LogP contribution is -2.02. The van der Waals surface area contributed by atoms with Crippen LogP contribution in [-0.2, 0) is 6.54 Å². The van der Waals surface area contributed by atoms with Gasteiger partial charge < -0.3 is 4.57 Å². The number of hydrogen-bond acceptors (Lipinski definition) is 0. The second-order valence-electron chi connectivity index (χ2n) is 5.38. The van der Waals surface area contributed by atoms with E-state index in [0.29, 0.717) is 0 Å². The molecule has 0 aliphatic carbocycles. The molecule has 1 aromatic heterocycles. The van der Waals surface area contributed by atoms with Crippen molar-refractivity contribution in [3.05, 3.63) is 42.5 Å². The fraction of sp³-hybridized carbons (Fsp3) is 0.333. The average Bonchev–Trinajstić information content (AvgIpc) is 2.80. The van der Waals surface area contributed by atoms with Crippen LogP contribution in [0.15, 0.2) is 42.5 Å². The molecule has 2 aromatic carbocycles. The predicted octanol–water partition coefficient (Wildman–Crippen LogP) is 4.96. The maximum atomic E-state index is 2.44. The van der Waals surface area contributed by atoms with Gasteiger partial charge in [-0.3, -0.25) is 0 Å². The summed E-state index contributed by atoms with van der Waals surface area (Å²) in [5.74, 6) is 0. The van der Waals surface area contributed by atoms with Crippen molar-refractivity contribution in [2.45, 2.75) is 26.8 Å². The summed E-state index contributed by atoms with van der Waals surface area (Å²) in [6.07, 6.45) is 2.60. The molecule has 0 spiro atoms. The molecule has 3 rings (SSSR count). The highest BCUT2D eigenvalue weighted by atomic mass is 31.1. The smallest absolute Gasteiger partial charge is 0.0491 e. The molecule has 20 heavy (non-hydrogen) atoms. The van der Waals surface area contributed by atoms with Crippen LogP contribution in [0.4, 0.5) is 0 Å². The molecular formula is C18H22NP. The van der Waals surface area contributed by atoms with Gasteiger partial charge in [-0.1, -0.05) is 45.5 Å². The molecule has 0 aliphatic rings.